The lowest BCUT2D eigenvalue weighted by atomic mass is 10.1. The van der Waals surface area contributed by atoms with Crippen molar-refractivity contribution in [2.75, 3.05) is 12.4 Å². The van der Waals surface area contributed by atoms with Crippen molar-refractivity contribution in [3.63, 3.8) is 0 Å². The summed E-state index contributed by atoms with van der Waals surface area (Å²) in [6, 6.07) is 12.1. The number of anilines is 1. The Kier molecular flexibility index (Phi) is 4.08. The number of aromatic carboxylic acids is 1. The van der Waals surface area contributed by atoms with Gasteiger partial charge in [0.1, 0.15) is 11.5 Å². The van der Waals surface area contributed by atoms with Crippen molar-refractivity contribution >= 4 is 35.1 Å². The van der Waals surface area contributed by atoms with Crippen LogP contribution in [-0.2, 0) is 4.79 Å². The molecule has 9 heteroatoms. The maximum absolute atomic E-state index is 12.6. The Hall–Kier alpha value is -3.72. The van der Waals surface area contributed by atoms with Crippen LogP contribution in [0.1, 0.15) is 17.3 Å². The molecule has 28 heavy (non-hydrogen) atoms. The van der Waals surface area contributed by atoms with Crippen molar-refractivity contribution in [1.82, 2.24) is 20.4 Å². The fourth-order valence-electron chi connectivity index (χ4n) is 2.92. The Morgan fingerprint density at radius 3 is 2.57 bits per heavy atom. The molecule has 4 N–H and O–H groups in total. The van der Waals surface area contributed by atoms with Crippen LogP contribution in [0.25, 0.3) is 22.3 Å². The van der Waals surface area contributed by atoms with E-state index in [9.17, 15) is 9.59 Å². The van der Waals surface area contributed by atoms with Crippen molar-refractivity contribution in [3.8, 4) is 11.3 Å². The summed E-state index contributed by atoms with van der Waals surface area (Å²) in [7, 11) is 1.73. The van der Waals surface area contributed by atoms with E-state index in [2.05, 4.69) is 25.7 Å². The third-order valence-corrected chi connectivity index (χ3v) is 4.81. The fourth-order valence-corrected chi connectivity index (χ4v) is 2.92. The molecule has 1 atom stereocenters. The molecule has 4 rings (SSSR count). The second-order valence-electron chi connectivity index (χ2n) is 6.62. The lowest BCUT2D eigenvalue weighted by Crippen LogP contribution is -2.52. The molecule has 0 aliphatic carbocycles. The second-order valence-corrected chi connectivity index (χ2v) is 6.62. The van der Waals surface area contributed by atoms with Gasteiger partial charge in [0.05, 0.1) is 11.9 Å². The van der Waals surface area contributed by atoms with Gasteiger partial charge in [-0.2, -0.15) is 5.01 Å². The summed E-state index contributed by atoms with van der Waals surface area (Å²) >= 11 is 0. The maximum Gasteiger partial charge on any atom is 0.335 e. The quantitative estimate of drug-likeness (QED) is 0.551. The normalized spacial score (nSPS) is 18.9. The Morgan fingerprint density at radius 1 is 1.18 bits per heavy atom. The highest BCUT2D eigenvalue weighted by Crippen LogP contribution is 2.25. The van der Waals surface area contributed by atoms with E-state index in [1.54, 1.807) is 49.3 Å². The van der Waals surface area contributed by atoms with E-state index in [4.69, 9.17) is 5.11 Å². The van der Waals surface area contributed by atoms with Gasteiger partial charge in [0, 0.05) is 18.1 Å². The minimum Gasteiger partial charge on any atom is -0.478 e. The number of likely N-dealkylation sites (N-methyl/N-ethyl adjacent to an activating group) is 1. The van der Waals surface area contributed by atoms with Gasteiger partial charge in [0.25, 0.3) is 5.91 Å². The largest absolute Gasteiger partial charge is 0.478 e. The number of carbonyl (C=O) groups excluding carboxylic acids is 1. The van der Waals surface area contributed by atoms with Crippen LogP contribution in [0.5, 0.6) is 0 Å². The van der Waals surface area contributed by atoms with Crippen LogP contribution in [0.3, 0.4) is 0 Å². The predicted molar refractivity (Wildman–Crippen MR) is 105 cm³/mol. The fraction of sp³-hybridized carbons (Fsp3) is 0.158. The molecular formula is C19H18N6O3. The van der Waals surface area contributed by atoms with Gasteiger partial charge >= 0.3 is 5.97 Å². The van der Waals surface area contributed by atoms with Crippen LogP contribution < -0.4 is 10.7 Å². The van der Waals surface area contributed by atoms with E-state index in [0.29, 0.717) is 11.5 Å². The predicted octanol–water partition coefficient (Wildman–Crippen LogP) is 2.06. The highest BCUT2D eigenvalue weighted by atomic mass is 16.4. The van der Waals surface area contributed by atoms with E-state index in [-0.39, 0.29) is 11.5 Å². The Morgan fingerprint density at radius 2 is 1.93 bits per heavy atom. The number of amides is 1. The highest BCUT2D eigenvalue weighted by Gasteiger charge is 2.40. The van der Waals surface area contributed by atoms with E-state index < -0.39 is 11.6 Å². The van der Waals surface area contributed by atoms with Crippen molar-refractivity contribution in [3.05, 3.63) is 48.0 Å². The van der Waals surface area contributed by atoms with E-state index >= 15 is 0 Å². The minimum atomic E-state index is -1.05. The highest BCUT2D eigenvalue weighted by molar-refractivity contribution is 5.99. The molecule has 1 unspecified atom stereocenters. The number of hydrogen-bond acceptors (Lipinski definition) is 6. The number of pyridine rings is 1. The zero-order valence-electron chi connectivity index (χ0n) is 15.2. The molecular weight excluding hydrogens is 360 g/mol. The molecule has 0 bridgehead atoms. The number of benzene rings is 1. The van der Waals surface area contributed by atoms with Gasteiger partial charge in [-0.05, 0) is 42.8 Å². The van der Waals surface area contributed by atoms with Crippen LogP contribution in [0, 0.1) is 0 Å². The molecule has 0 fully saturated rings. The van der Waals surface area contributed by atoms with Crippen LogP contribution in [0.15, 0.2) is 47.5 Å². The first-order chi connectivity index (χ1) is 13.4. The van der Waals surface area contributed by atoms with Gasteiger partial charge in [-0.3, -0.25) is 4.79 Å². The van der Waals surface area contributed by atoms with Gasteiger partial charge < -0.3 is 20.8 Å². The second kappa shape index (κ2) is 6.46. The Labute approximate surface area is 160 Å². The van der Waals surface area contributed by atoms with Crippen molar-refractivity contribution < 1.29 is 14.7 Å². The molecule has 3 heterocycles. The number of carboxylic acids is 1. The molecule has 1 aliphatic heterocycles. The smallest absolute Gasteiger partial charge is 0.335 e. The van der Waals surface area contributed by atoms with Gasteiger partial charge in [-0.15, -0.1) is 0 Å². The molecule has 0 radical (unpaired) electrons. The number of aromatic amines is 1. The molecule has 2 aromatic heterocycles. The third-order valence-electron chi connectivity index (χ3n) is 4.81. The summed E-state index contributed by atoms with van der Waals surface area (Å²) in [6.45, 7) is 1.70. The Balaban J connectivity index is 1.59. The summed E-state index contributed by atoms with van der Waals surface area (Å²) in [5.74, 6) is -0.866. The van der Waals surface area contributed by atoms with Gasteiger partial charge in [0.2, 0.25) is 5.66 Å². The maximum atomic E-state index is 12.6. The first-order valence-corrected chi connectivity index (χ1v) is 8.55. The number of nitrogens with one attached hydrogen (secondary N) is 3. The number of aliphatic imine (C=N–C) groups is 1. The average Bonchev–Trinajstić information content (AvgIpc) is 3.25. The van der Waals surface area contributed by atoms with Gasteiger partial charge in [-0.1, -0.05) is 12.1 Å². The van der Waals surface area contributed by atoms with Crippen LogP contribution in [0.4, 0.5) is 5.82 Å². The third kappa shape index (κ3) is 2.97. The molecule has 142 valence electrons. The first kappa shape index (κ1) is 17.7. The number of carboxylic acid groups (broad SMARTS) is 1. The summed E-state index contributed by atoms with van der Waals surface area (Å²) < 4.78 is 0. The molecule has 1 aromatic carbocycles. The van der Waals surface area contributed by atoms with Crippen LogP contribution in [-0.4, -0.2) is 51.0 Å². The van der Waals surface area contributed by atoms with Crippen molar-refractivity contribution in [2.24, 2.45) is 4.99 Å². The standard InChI is InChI=1S/C19H18N6O3/c1-19(20-10-21-25(19)2)18(28)24-15-8-7-13-9-14(22-16(13)23-15)11-3-5-12(6-4-11)17(26)27/h3-10H,1-2H3,(H,20,21)(H,26,27)(H2,22,23,24,28). The van der Waals surface area contributed by atoms with Gasteiger partial charge in [0.15, 0.2) is 0 Å². The number of rotatable bonds is 4. The summed E-state index contributed by atoms with van der Waals surface area (Å²) in [6.07, 6.45) is 1.48. The monoisotopic (exact) mass is 378 g/mol. The number of aromatic nitrogens is 2. The molecule has 0 spiro atoms. The van der Waals surface area contributed by atoms with E-state index in [1.807, 2.05) is 12.1 Å². The number of H-pyrrole nitrogens is 1. The first-order valence-electron chi connectivity index (χ1n) is 8.55. The number of hydrazine groups is 1. The molecule has 9 nitrogen and oxygen atoms in total. The summed E-state index contributed by atoms with van der Waals surface area (Å²) in [5, 5.41) is 14.3. The lowest BCUT2D eigenvalue weighted by molar-refractivity contribution is -0.126. The number of carbonyl (C=O) groups is 2. The lowest BCUT2D eigenvalue weighted by Gasteiger charge is -2.27. The molecule has 0 saturated carbocycles. The zero-order chi connectivity index (χ0) is 19.9. The van der Waals surface area contributed by atoms with E-state index in [0.717, 1.165) is 16.6 Å². The molecule has 1 aliphatic rings. The molecule has 1 amide bonds. The van der Waals surface area contributed by atoms with Crippen molar-refractivity contribution in [1.29, 1.82) is 0 Å². The summed E-state index contributed by atoms with van der Waals surface area (Å²) in [5.41, 5.74) is 4.29. The van der Waals surface area contributed by atoms with Crippen LogP contribution >= 0.6 is 0 Å². The number of hydrogen-bond donors (Lipinski definition) is 4. The zero-order valence-corrected chi connectivity index (χ0v) is 15.2. The Bertz CT molecular complexity index is 1100. The van der Waals surface area contributed by atoms with Crippen molar-refractivity contribution in [2.45, 2.75) is 12.6 Å². The summed E-state index contributed by atoms with van der Waals surface area (Å²) in [4.78, 5) is 35.4. The number of nitrogens with zero attached hydrogens (tertiary/aromatic N) is 3. The number of fused-ring (bicyclic) bond motifs is 1. The minimum absolute atomic E-state index is 0.227. The average molecular weight is 378 g/mol. The molecule has 3 aromatic rings. The topological polar surface area (TPSA) is 123 Å². The molecule has 0 saturated heterocycles. The SMILES string of the molecule is CN1NC=NC1(C)C(=O)Nc1ccc2cc(-c3ccc(C(=O)O)cc3)[nH]c2n1. The van der Waals surface area contributed by atoms with Crippen LogP contribution in [0.2, 0.25) is 0 Å². The van der Waals surface area contributed by atoms with Gasteiger partial charge in [-0.25, -0.2) is 14.8 Å². The van der Waals surface area contributed by atoms with E-state index in [1.165, 1.54) is 6.34 Å².